The molecule has 0 saturated carbocycles. The summed E-state index contributed by atoms with van der Waals surface area (Å²) in [4.78, 5) is 36.4. The Morgan fingerprint density at radius 2 is 1.63 bits per heavy atom. The van der Waals surface area contributed by atoms with Gasteiger partial charge < -0.3 is 5.32 Å². The van der Waals surface area contributed by atoms with E-state index in [2.05, 4.69) is 32.2 Å². The van der Waals surface area contributed by atoms with E-state index in [0.717, 1.165) is 16.6 Å². The highest BCUT2D eigenvalue weighted by atomic mass is 16.2. The molecule has 1 N–H and O–H groups in total. The quantitative estimate of drug-likeness (QED) is 0.321. The van der Waals surface area contributed by atoms with E-state index in [4.69, 9.17) is 0 Å². The Bertz CT molecular complexity index is 2070. The van der Waals surface area contributed by atoms with Gasteiger partial charge in [0.05, 0.1) is 22.8 Å². The van der Waals surface area contributed by atoms with Crippen LogP contribution >= 0.6 is 0 Å². The number of fused-ring (bicyclic) bond motifs is 2. The molecule has 0 aliphatic heterocycles. The van der Waals surface area contributed by atoms with Crippen LogP contribution in [0.4, 0.5) is 0 Å². The van der Waals surface area contributed by atoms with Crippen molar-refractivity contribution in [1.29, 1.82) is 0 Å². The number of nitrogens with one attached hydrogen (secondary N) is 1. The van der Waals surface area contributed by atoms with Gasteiger partial charge in [-0.05, 0) is 68.6 Å². The lowest BCUT2D eigenvalue weighted by Gasteiger charge is -2.21. The fourth-order valence-corrected chi connectivity index (χ4v) is 5.00. The Morgan fingerprint density at radius 3 is 2.44 bits per heavy atom. The summed E-state index contributed by atoms with van der Waals surface area (Å²) >= 11 is 0. The molecule has 0 saturated heterocycles. The molecule has 4 heterocycles. The molecule has 1 unspecified atom stereocenters. The molecule has 1 atom stereocenters. The summed E-state index contributed by atoms with van der Waals surface area (Å²) in [5.41, 5.74) is 4.80. The smallest absolute Gasteiger partial charge is 0.264 e. The maximum atomic E-state index is 14.2. The third kappa shape index (κ3) is 4.74. The molecule has 0 aliphatic carbocycles. The third-order valence-electron chi connectivity index (χ3n) is 7.02. The Balaban J connectivity index is 1.48. The second-order valence-corrected chi connectivity index (χ2v) is 9.74. The van der Waals surface area contributed by atoms with E-state index in [-0.39, 0.29) is 11.5 Å². The minimum atomic E-state index is -0.523. The number of pyridine rings is 2. The largest absolute Gasteiger partial charge is 0.344 e. The van der Waals surface area contributed by atoms with Gasteiger partial charge >= 0.3 is 0 Å². The monoisotopic (exact) mass is 538 g/mol. The number of amides is 1. The van der Waals surface area contributed by atoms with Crippen LogP contribution in [0.5, 0.6) is 0 Å². The lowest BCUT2D eigenvalue weighted by atomic mass is 10.0. The topological polar surface area (TPSA) is 94.2 Å². The minimum absolute atomic E-state index is 0.216. The Hall–Kier alpha value is -5.55. The number of carbonyl (C=O) groups is 1. The molecule has 0 spiro atoms. The molecule has 41 heavy (non-hydrogen) atoms. The predicted molar refractivity (Wildman–Crippen MR) is 158 cm³/mol. The molecule has 0 aliphatic rings. The summed E-state index contributed by atoms with van der Waals surface area (Å²) in [7, 11) is 0. The van der Waals surface area contributed by atoms with E-state index in [9.17, 15) is 9.59 Å². The number of hydrogen-bond acceptors (Lipinski definition) is 5. The van der Waals surface area contributed by atoms with Crippen molar-refractivity contribution in [3.05, 3.63) is 136 Å². The zero-order valence-corrected chi connectivity index (χ0v) is 22.8. The van der Waals surface area contributed by atoms with Crippen LogP contribution in [0, 0.1) is 25.7 Å². The summed E-state index contributed by atoms with van der Waals surface area (Å²) in [5, 5.41) is 8.73. The number of aromatic nitrogens is 5. The maximum Gasteiger partial charge on any atom is 0.264 e. The Morgan fingerprint density at radius 1 is 0.878 bits per heavy atom. The zero-order valence-electron chi connectivity index (χ0n) is 22.8. The highest BCUT2D eigenvalue weighted by Gasteiger charge is 2.23. The number of hydrogen-bond donors (Lipinski definition) is 1. The first-order valence-corrected chi connectivity index (χ1v) is 13.2. The highest BCUT2D eigenvalue weighted by Crippen LogP contribution is 2.24. The second-order valence-electron chi connectivity index (χ2n) is 9.74. The molecule has 0 bridgehead atoms. The van der Waals surface area contributed by atoms with Gasteiger partial charge in [0.1, 0.15) is 5.56 Å². The van der Waals surface area contributed by atoms with Crippen molar-refractivity contribution in [2.45, 2.75) is 26.8 Å². The molecular weight excluding hydrogens is 512 g/mol. The van der Waals surface area contributed by atoms with E-state index in [1.165, 1.54) is 0 Å². The molecule has 8 nitrogen and oxygen atoms in total. The highest BCUT2D eigenvalue weighted by molar-refractivity contribution is 6.01. The first-order valence-electron chi connectivity index (χ1n) is 13.2. The van der Waals surface area contributed by atoms with Gasteiger partial charge in [-0.25, -0.2) is 9.50 Å². The van der Waals surface area contributed by atoms with Crippen molar-refractivity contribution < 1.29 is 4.79 Å². The van der Waals surface area contributed by atoms with Crippen LogP contribution < -0.4 is 10.9 Å². The van der Waals surface area contributed by atoms with E-state index in [0.29, 0.717) is 39.2 Å². The van der Waals surface area contributed by atoms with E-state index < -0.39 is 6.04 Å². The van der Waals surface area contributed by atoms with Crippen molar-refractivity contribution in [2.24, 2.45) is 0 Å². The average molecular weight is 539 g/mol. The van der Waals surface area contributed by atoms with Crippen molar-refractivity contribution in [3.63, 3.8) is 0 Å². The van der Waals surface area contributed by atoms with Crippen LogP contribution in [-0.4, -0.2) is 30.1 Å². The van der Waals surface area contributed by atoms with Gasteiger partial charge in [-0.3, -0.25) is 19.1 Å². The summed E-state index contributed by atoms with van der Waals surface area (Å²) in [6, 6.07) is 22.0. The standard InChI is InChI=1S/C33H26N6O2/c1-21-24(12-8-17-34-21)15-16-25-10-7-11-26-20-28(39(33(41)30(25)26)27-13-5-4-6-14-27)22(2)36-32(40)29-23(3)37-38-19-9-18-35-31(29)38/h4-14,17-20,22H,1-3H3,(H,36,40). The molecule has 200 valence electrons. The number of aryl methyl sites for hydroxylation is 2. The molecule has 6 aromatic rings. The first kappa shape index (κ1) is 25.7. The second kappa shape index (κ2) is 10.5. The van der Waals surface area contributed by atoms with Gasteiger partial charge in [-0.15, -0.1) is 0 Å². The first-order chi connectivity index (χ1) is 19.9. The zero-order chi connectivity index (χ0) is 28.5. The van der Waals surface area contributed by atoms with Crippen molar-refractivity contribution in [2.75, 3.05) is 0 Å². The number of para-hydroxylation sites is 1. The average Bonchev–Trinajstić information content (AvgIpc) is 3.32. The van der Waals surface area contributed by atoms with Gasteiger partial charge in [0.2, 0.25) is 0 Å². The number of nitrogens with zero attached hydrogens (tertiary/aromatic N) is 5. The van der Waals surface area contributed by atoms with Crippen LogP contribution in [0.25, 0.3) is 22.1 Å². The number of carbonyl (C=O) groups excluding carboxylic acids is 1. The van der Waals surface area contributed by atoms with Crippen molar-refractivity contribution in [1.82, 2.24) is 29.5 Å². The van der Waals surface area contributed by atoms with Crippen LogP contribution in [0.1, 0.15) is 51.5 Å². The Kier molecular flexibility index (Phi) is 6.62. The van der Waals surface area contributed by atoms with Gasteiger partial charge in [0, 0.05) is 41.1 Å². The number of rotatable bonds is 4. The normalized spacial score (nSPS) is 11.7. The lowest BCUT2D eigenvalue weighted by molar-refractivity contribution is 0.0939. The lowest BCUT2D eigenvalue weighted by Crippen LogP contribution is -2.32. The number of benzene rings is 2. The fourth-order valence-electron chi connectivity index (χ4n) is 5.00. The van der Waals surface area contributed by atoms with Gasteiger partial charge in [0.25, 0.3) is 11.5 Å². The molecule has 0 radical (unpaired) electrons. The fraction of sp³-hybridized carbons (Fsp3) is 0.121. The summed E-state index contributed by atoms with van der Waals surface area (Å²) in [6.07, 6.45) is 5.11. The van der Waals surface area contributed by atoms with E-state index in [1.54, 1.807) is 40.7 Å². The molecular formula is C33H26N6O2. The maximum absolute atomic E-state index is 14.2. The third-order valence-corrected chi connectivity index (χ3v) is 7.02. The van der Waals surface area contributed by atoms with Gasteiger partial charge in [-0.1, -0.05) is 42.2 Å². The molecule has 2 aromatic carbocycles. The van der Waals surface area contributed by atoms with E-state index in [1.807, 2.05) is 80.6 Å². The molecule has 8 heteroatoms. The summed E-state index contributed by atoms with van der Waals surface area (Å²) < 4.78 is 3.23. The minimum Gasteiger partial charge on any atom is -0.344 e. The van der Waals surface area contributed by atoms with Crippen LogP contribution in [-0.2, 0) is 0 Å². The predicted octanol–water partition coefficient (Wildman–Crippen LogP) is 4.94. The van der Waals surface area contributed by atoms with Crippen molar-refractivity contribution in [3.8, 4) is 17.5 Å². The van der Waals surface area contributed by atoms with Crippen molar-refractivity contribution >= 4 is 22.3 Å². The summed E-state index contributed by atoms with van der Waals surface area (Å²) in [6.45, 7) is 5.54. The van der Waals surface area contributed by atoms with Crippen LogP contribution in [0.2, 0.25) is 0 Å². The van der Waals surface area contributed by atoms with Gasteiger partial charge in [0.15, 0.2) is 5.65 Å². The van der Waals surface area contributed by atoms with Gasteiger partial charge in [-0.2, -0.15) is 5.10 Å². The molecule has 1 amide bonds. The summed E-state index contributed by atoms with van der Waals surface area (Å²) in [5.74, 6) is 6.06. The SMILES string of the molecule is Cc1ncccc1C#Cc1cccc2cc(C(C)NC(=O)c3c(C)nn4cccnc34)n(-c3ccccc3)c(=O)c12. The Labute approximate surface area is 236 Å². The molecule has 6 rings (SSSR count). The molecule has 4 aromatic heterocycles. The van der Waals surface area contributed by atoms with E-state index >= 15 is 0 Å². The van der Waals surface area contributed by atoms with Crippen LogP contribution in [0.15, 0.2) is 96.2 Å². The molecule has 0 fully saturated rings. The van der Waals surface area contributed by atoms with Crippen LogP contribution in [0.3, 0.4) is 0 Å².